The lowest BCUT2D eigenvalue weighted by Crippen LogP contribution is -2.63. The van der Waals surface area contributed by atoms with Gasteiger partial charge < -0.3 is 0 Å². The Kier molecular flexibility index (Phi) is 14.3. The second kappa shape index (κ2) is 16.1. The third kappa shape index (κ3) is 14.4. The highest BCUT2D eigenvalue weighted by Crippen LogP contribution is 2.10. The number of hydrazine groups is 7. The third-order valence-electron chi connectivity index (χ3n) is 3.59. The lowest BCUT2D eigenvalue weighted by atomic mass is 10.1. The lowest BCUT2D eigenvalue weighted by molar-refractivity contribution is 0.254. The Bertz CT molecular complexity index is 112. The van der Waals surface area contributed by atoms with E-state index in [0.717, 1.165) is 13.1 Å². The van der Waals surface area contributed by atoms with Gasteiger partial charge in [-0.15, -0.1) is 0 Å². The monoisotopic (exact) mass is 302 g/mol. The van der Waals surface area contributed by atoms with Crippen molar-refractivity contribution in [2.45, 2.75) is 70.6 Å². The smallest absolute Gasteiger partial charge is 0.0113 e. The van der Waals surface area contributed by atoms with E-state index in [2.05, 4.69) is 44.1 Å². The molecule has 0 radical (unpaired) electrons. The second-order valence-corrected chi connectivity index (χ2v) is 5.49. The van der Waals surface area contributed by atoms with Crippen molar-refractivity contribution in [1.82, 2.24) is 44.1 Å². The minimum absolute atomic E-state index is 0.960. The summed E-state index contributed by atoms with van der Waals surface area (Å²) in [5.74, 6) is 0. The van der Waals surface area contributed by atoms with Gasteiger partial charge >= 0.3 is 0 Å². The van der Waals surface area contributed by atoms with E-state index in [0.29, 0.717) is 0 Å². The van der Waals surface area contributed by atoms with Gasteiger partial charge in [0.1, 0.15) is 0 Å². The van der Waals surface area contributed by atoms with E-state index in [9.17, 15) is 0 Å². The molecule has 0 amide bonds. The Balaban J connectivity index is 2.00. The number of hydrogen-bond donors (Lipinski definition) is 8. The maximum Gasteiger partial charge on any atom is 0.0113 e. The molecule has 0 atom stereocenters. The van der Waals surface area contributed by atoms with Crippen LogP contribution < -0.4 is 44.1 Å². The van der Waals surface area contributed by atoms with Gasteiger partial charge in [0, 0.05) is 13.1 Å². The van der Waals surface area contributed by atoms with E-state index >= 15 is 0 Å². The summed E-state index contributed by atoms with van der Waals surface area (Å²) in [6.07, 6.45) is 14.7. The molecule has 8 heteroatoms. The van der Waals surface area contributed by atoms with Gasteiger partial charge in [-0.3, -0.25) is 0 Å². The Morgan fingerprint density at radius 2 is 0.571 bits per heavy atom. The van der Waals surface area contributed by atoms with E-state index in [4.69, 9.17) is 0 Å². The zero-order chi connectivity index (χ0) is 14.8. The molecule has 0 aromatic heterocycles. The average Bonchev–Trinajstić information content (AvgIpc) is 2.50. The zero-order valence-corrected chi connectivity index (χ0v) is 13.2. The lowest BCUT2D eigenvalue weighted by Gasteiger charge is -2.12. The van der Waals surface area contributed by atoms with Crippen LogP contribution in [0, 0.1) is 0 Å². The fraction of sp³-hybridized carbons (Fsp3) is 1.00. The molecule has 0 aliphatic carbocycles. The molecule has 8 nitrogen and oxygen atoms in total. The van der Waals surface area contributed by atoms with Gasteiger partial charge in [-0.25, -0.2) is 10.9 Å². The summed E-state index contributed by atoms with van der Waals surface area (Å²) >= 11 is 0. The molecular weight excluding hydrogens is 268 g/mol. The third-order valence-corrected chi connectivity index (χ3v) is 3.59. The van der Waals surface area contributed by atoms with Crippen molar-refractivity contribution in [1.29, 1.82) is 0 Å². The first-order valence-electron chi connectivity index (χ1n) is 8.46. The van der Waals surface area contributed by atoms with E-state index in [1.165, 1.54) is 70.6 Å². The Morgan fingerprint density at radius 3 is 0.952 bits per heavy atom. The largest absolute Gasteiger partial charge is 0.243 e. The maximum atomic E-state index is 3.09. The first-order valence-corrected chi connectivity index (χ1v) is 8.46. The standard InChI is InChI=1S/C13H34N8/c1-2-4-6-8-10-12-14-16-18-20-21-19-17-15-13-11-9-7-5-3-1/h14-21H,1-13H2. The molecule has 0 aromatic rings. The summed E-state index contributed by atoms with van der Waals surface area (Å²) in [7, 11) is 0. The highest BCUT2D eigenvalue weighted by atomic mass is 15.9. The van der Waals surface area contributed by atoms with Gasteiger partial charge in [0.25, 0.3) is 0 Å². The summed E-state index contributed by atoms with van der Waals surface area (Å²) in [5, 5.41) is 0. The van der Waals surface area contributed by atoms with E-state index < -0.39 is 0 Å². The number of nitrogens with one attached hydrogen (secondary N) is 8. The molecular formula is C13H34N8. The average molecular weight is 302 g/mol. The summed E-state index contributed by atoms with van der Waals surface area (Å²) in [5.41, 5.74) is 22.9. The first-order chi connectivity index (χ1) is 10.5. The molecule has 126 valence electrons. The minimum Gasteiger partial charge on any atom is -0.243 e. The predicted molar refractivity (Wildman–Crippen MR) is 85.6 cm³/mol. The molecule has 0 unspecified atom stereocenters. The van der Waals surface area contributed by atoms with Gasteiger partial charge in [-0.05, 0) is 12.8 Å². The minimum atomic E-state index is 0.960. The van der Waals surface area contributed by atoms with Crippen LogP contribution in [-0.4, -0.2) is 13.1 Å². The van der Waals surface area contributed by atoms with Crippen LogP contribution in [0.3, 0.4) is 0 Å². The fourth-order valence-corrected chi connectivity index (χ4v) is 2.36. The fourth-order valence-electron chi connectivity index (χ4n) is 2.36. The van der Waals surface area contributed by atoms with Crippen LogP contribution in [0.25, 0.3) is 0 Å². The van der Waals surface area contributed by atoms with Crippen LogP contribution >= 0.6 is 0 Å². The van der Waals surface area contributed by atoms with Crippen LogP contribution in [0.15, 0.2) is 0 Å². The van der Waals surface area contributed by atoms with Gasteiger partial charge in [0.05, 0.1) is 0 Å². The van der Waals surface area contributed by atoms with Crippen molar-refractivity contribution in [2.24, 2.45) is 0 Å². The van der Waals surface area contributed by atoms with Crippen LogP contribution in [0.4, 0.5) is 0 Å². The van der Waals surface area contributed by atoms with Crippen LogP contribution in [-0.2, 0) is 0 Å². The van der Waals surface area contributed by atoms with Crippen molar-refractivity contribution in [3.8, 4) is 0 Å². The summed E-state index contributed by atoms with van der Waals surface area (Å²) in [6, 6.07) is 0. The van der Waals surface area contributed by atoms with E-state index in [1.807, 2.05) is 0 Å². The summed E-state index contributed by atoms with van der Waals surface area (Å²) in [4.78, 5) is 0. The van der Waals surface area contributed by atoms with Gasteiger partial charge in [0.15, 0.2) is 0 Å². The normalized spacial score (nSPS) is 24.0. The van der Waals surface area contributed by atoms with Crippen LogP contribution in [0.2, 0.25) is 0 Å². The highest BCUT2D eigenvalue weighted by molar-refractivity contribution is 4.50. The molecule has 1 saturated heterocycles. The van der Waals surface area contributed by atoms with Crippen molar-refractivity contribution in [3.63, 3.8) is 0 Å². The quantitative estimate of drug-likeness (QED) is 0.326. The molecule has 1 aliphatic heterocycles. The van der Waals surface area contributed by atoms with Crippen LogP contribution in [0.1, 0.15) is 70.6 Å². The Hall–Kier alpha value is -0.320. The topological polar surface area (TPSA) is 96.2 Å². The van der Waals surface area contributed by atoms with Crippen molar-refractivity contribution < 1.29 is 0 Å². The van der Waals surface area contributed by atoms with Gasteiger partial charge in [-0.1, -0.05) is 57.8 Å². The van der Waals surface area contributed by atoms with Gasteiger partial charge in [0.2, 0.25) is 0 Å². The molecule has 1 heterocycles. The van der Waals surface area contributed by atoms with E-state index in [1.54, 1.807) is 0 Å². The summed E-state index contributed by atoms with van der Waals surface area (Å²) < 4.78 is 0. The second-order valence-electron chi connectivity index (χ2n) is 5.49. The molecule has 0 saturated carbocycles. The van der Waals surface area contributed by atoms with Gasteiger partial charge in [-0.2, -0.15) is 33.2 Å². The zero-order valence-electron chi connectivity index (χ0n) is 13.2. The maximum absolute atomic E-state index is 3.09. The van der Waals surface area contributed by atoms with Crippen molar-refractivity contribution in [2.75, 3.05) is 13.1 Å². The molecule has 21 heavy (non-hydrogen) atoms. The van der Waals surface area contributed by atoms with Crippen molar-refractivity contribution in [3.05, 3.63) is 0 Å². The predicted octanol–water partition coefficient (Wildman–Crippen LogP) is 0.413. The molecule has 0 aromatic carbocycles. The number of rotatable bonds is 0. The van der Waals surface area contributed by atoms with Crippen LogP contribution in [0.5, 0.6) is 0 Å². The Morgan fingerprint density at radius 1 is 0.286 bits per heavy atom. The molecule has 1 rings (SSSR count). The number of hydrogen-bond acceptors (Lipinski definition) is 8. The molecule has 0 spiro atoms. The first kappa shape index (κ1) is 18.7. The highest BCUT2D eigenvalue weighted by Gasteiger charge is 1.94. The van der Waals surface area contributed by atoms with E-state index in [-0.39, 0.29) is 0 Å². The molecule has 8 N–H and O–H groups in total. The van der Waals surface area contributed by atoms with Crippen molar-refractivity contribution >= 4 is 0 Å². The SMILES string of the molecule is C1CCCCCCNNNNNNNNCCCCCC1. The molecule has 1 fully saturated rings. The Labute approximate surface area is 128 Å². The molecule has 1 aliphatic rings. The summed E-state index contributed by atoms with van der Waals surface area (Å²) in [6.45, 7) is 1.92. The molecule has 0 bridgehead atoms.